The van der Waals surface area contributed by atoms with E-state index in [9.17, 15) is 0 Å². The van der Waals surface area contributed by atoms with Gasteiger partial charge in [-0.05, 0) is 25.0 Å². The van der Waals surface area contributed by atoms with Crippen molar-refractivity contribution in [3.63, 3.8) is 0 Å². The predicted molar refractivity (Wildman–Crippen MR) is 67.2 cm³/mol. The molecule has 2 N–H and O–H groups in total. The van der Waals surface area contributed by atoms with Crippen molar-refractivity contribution in [3.05, 3.63) is 34.8 Å². The summed E-state index contributed by atoms with van der Waals surface area (Å²) in [5.41, 5.74) is 8.66. The molecule has 2 rings (SSSR count). The summed E-state index contributed by atoms with van der Waals surface area (Å²) in [6.07, 6.45) is 0.920. The van der Waals surface area contributed by atoms with E-state index in [0.717, 1.165) is 17.7 Å². The van der Waals surface area contributed by atoms with Crippen molar-refractivity contribution in [2.75, 3.05) is 5.73 Å². The van der Waals surface area contributed by atoms with E-state index in [1.807, 2.05) is 30.5 Å². The first-order valence-corrected chi connectivity index (χ1v) is 6.06. The molecule has 0 radical (unpaired) electrons. The smallest absolute Gasteiger partial charge is 0.278 e. The number of ether oxygens (including phenoxy) is 1. The molecule has 3 nitrogen and oxygen atoms in total. The van der Waals surface area contributed by atoms with Crippen molar-refractivity contribution in [2.24, 2.45) is 0 Å². The molecule has 84 valence electrons. The summed E-state index contributed by atoms with van der Waals surface area (Å²) in [6.45, 7) is 4.03. The Morgan fingerprint density at radius 3 is 2.94 bits per heavy atom. The minimum absolute atomic E-state index is 0.647. The third-order valence-corrected chi connectivity index (χ3v) is 3.14. The third-order valence-electron chi connectivity index (χ3n) is 2.37. The fraction of sp³-hybridized carbons (Fsp3) is 0.250. The number of aromatic nitrogens is 1. The number of nitrogens with zero attached hydrogens (tertiary/aromatic N) is 1. The highest BCUT2D eigenvalue weighted by Crippen LogP contribution is 2.31. The zero-order valence-corrected chi connectivity index (χ0v) is 10.2. The molecule has 16 heavy (non-hydrogen) atoms. The van der Waals surface area contributed by atoms with Gasteiger partial charge in [-0.15, -0.1) is 0 Å². The Morgan fingerprint density at radius 2 is 2.25 bits per heavy atom. The predicted octanol–water partition coefficient (Wildman–Crippen LogP) is 3.39. The van der Waals surface area contributed by atoms with E-state index < -0.39 is 0 Å². The molecule has 4 heteroatoms. The van der Waals surface area contributed by atoms with E-state index in [1.165, 1.54) is 11.3 Å². The Balaban J connectivity index is 2.23. The largest absolute Gasteiger partial charge is 0.429 e. The molecule has 0 unspecified atom stereocenters. The minimum Gasteiger partial charge on any atom is -0.429 e. The molecular weight excluding hydrogens is 220 g/mol. The van der Waals surface area contributed by atoms with Crippen LogP contribution in [0, 0.1) is 6.92 Å². The second-order valence-corrected chi connectivity index (χ2v) is 4.37. The van der Waals surface area contributed by atoms with Crippen LogP contribution in [-0.2, 0) is 6.42 Å². The zero-order chi connectivity index (χ0) is 11.5. The molecule has 0 atom stereocenters. The maximum Gasteiger partial charge on any atom is 0.278 e. The lowest BCUT2D eigenvalue weighted by atomic mass is 10.2. The summed E-state index contributed by atoms with van der Waals surface area (Å²) in [5, 5.41) is 2.65. The molecule has 2 aromatic rings. The van der Waals surface area contributed by atoms with Gasteiger partial charge in [-0.3, -0.25) is 0 Å². The Bertz CT molecular complexity index is 494. The van der Waals surface area contributed by atoms with Crippen molar-refractivity contribution in [1.82, 2.24) is 4.98 Å². The van der Waals surface area contributed by atoms with Crippen LogP contribution in [0.15, 0.2) is 23.6 Å². The fourth-order valence-corrected chi connectivity index (χ4v) is 2.10. The number of hydrogen-bond acceptors (Lipinski definition) is 4. The third kappa shape index (κ3) is 2.17. The van der Waals surface area contributed by atoms with Crippen molar-refractivity contribution < 1.29 is 4.74 Å². The van der Waals surface area contributed by atoms with E-state index in [4.69, 9.17) is 10.5 Å². The van der Waals surface area contributed by atoms with Gasteiger partial charge in [0.2, 0.25) is 0 Å². The maximum atomic E-state index is 5.92. The average molecular weight is 234 g/mol. The highest BCUT2D eigenvalue weighted by Gasteiger charge is 2.07. The van der Waals surface area contributed by atoms with Crippen LogP contribution in [0.2, 0.25) is 0 Å². The van der Waals surface area contributed by atoms with Gasteiger partial charge in [0.15, 0.2) is 5.75 Å². The van der Waals surface area contributed by atoms with Crippen LogP contribution < -0.4 is 10.5 Å². The Labute approximate surface area is 98.9 Å². The molecule has 0 fully saturated rings. The van der Waals surface area contributed by atoms with Crippen LogP contribution >= 0.6 is 11.3 Å². The number of hydrogen-bond donors (Lipinski definition) is 1. The van der Waals surface area contributed by atoms with E-state index in [-0.39, 0.29) is 0 Å². The summed E-state index contributed by atoms with van der Waals surface area (Å²) in [4.78, 5) is 4.34. The number of thiazole rings is 1. The highest BCUT2D eigenvalue weighted by atomic mass is 32.1. The topological polar surface area (TPSA) is 48.1 Å². The number of benzene rings is 1. The minimum atomic E-state index is 0.647. The van der Waals surface area contributed by atoms with E-state index in [0.29, 0.717) is 16.6 Å². The second kappa shape index (κ2) is 4.53. The lowest BCUT2D eigenvalue weighted by Crippen LogP contribution is -1.94. The van der Waals surface area contributed by atoms with Gasteiger partial charge in [0.25, 0.3) is 5.19 Å². The summed E-state index contributed by atoms with van der Waals surface area (Å²) in [6, 6.07) is 5.74. The van der Waals surface area contributed by atoms with E-state index in [2.05, 4.69) is 11.9 Å². The number of para-hydroxylation sites is 1. The van der Waals surface area contributed by atoms with Gasteiger partial charge in [0.05, 0.1) is 11.4 Å². The lowest BCUT2D eigenvalue weighted by Gasteiger charge is -2.07. The number of rotatable bonds is 3. The summed E-state index contributed by atoms with van der Waals surface area (Å²) in [7, 11) is 0. The fourth-order valence-electron chi connectivity index (χ4n) is 1.33. The Kier molecular flexibility index (Phi) is 3.10. The van der Waals surface area contributed by atoms with Crippen molar-refractivity contribution in [2.45, 2.75) is 20.3 Å². The maximum absolute atomic E-state index is 5.92. The van der Waals surface area contributed by atoms with Gasteiger partial charge in [0.1, 0.15) is 0 Å². The van der Waals surface area contributed by atoms with Crippen LogP contribution in [0.5, 0.6) is 10.9 Å². The van der Waals surface area contributed by atoms with E-state index >= 15 is 0 Å². The Hall–Kier alpha value is -1.55. The van der Waals surface area contributed by atoms with Crippen molar-refractivity contribution in [1.29, 1.82) is 0 Å². The summed E-state index contributed by atoms with van der Waals surface area (Å²) >= 11 is 1.49. The van der Waals surface area contributed by atoms with Crippen molar-refractivity contribution >= 4 is 17.0 Å². The molecule has 0 amide bonds. The summed E-state index contributed by atoms with van der Waals surface area (Å²) in [5.74, 6) is 0.678. The van der Waals surface area contributed by atoms with Gasteiger partial charge in [0, 0.05) is 5.38 Å². The van der Waals surface area contributed by atoms with Crippen LogP contribution in [-0.4, -0.2) is 4.98 Å². The highest BCUT2D eigenvalue weighted by molar-refractivity contribution is 7.11. The number of aryl methyl sites for hydroxylation is 2. The normalized spacial score (nSPS) is 10.4. The number of nitrogens with two attached hydrogens (primary N) is 1. The molecule has 0 saturated carbocycles. The quantitative estimate of drug-likeness (QED) is 0.828. The monoisotopic (exact) mass is 234 g/mol. The van der Waals surface area contributed by atoms with Crippen LogP contribution in [0.3, 0.4) is 0 Å². The Morgan fingerprint density at radius 1 is 1.44 bits per heavy atom. The first-order valence-electron chi connectivity index (χ1n) is 5.18. The zero-order valence-electron chi connectivity index (χ0n) is 9.36. The molecule has 0 spiro atoms. The van der Waals surface area contributed by atoms with Gasteiger partial charge in [-0.2, -0.15) is 0 Å². The lowest BCUT2D eigenvalue weighted by molar-refractivity contribution is 0.479. The number of anilines is 1. The molecule has 0 bridgehead atoms. The molecule has 0 aliphatic carbocycles. The number of nitrogen functional groups attached to an aromatic ring is 1. The summed E-state index contributed by atoms with van der Waals surface area (Å²) < 4.78 is 5.65. The standard InChI is InChI=1S/C12H14N2OS/c1-3-9-7-16-12(14-9)15-10-6-4-5-8(2)11(10)13/h4-7H,3,13H2,1-2H3. The van der Waals surface area contributed by atoms with Gasteiger partial charge in [-0.25, -0.2) is 4.98 Å². The SMILES string of the molecule is CCc1csc(Oc2cccc(C)c2N)n1. The van der Waals surface area contributed by atoms with Gasteiger partial charge < -0.3 is 10.5 Å². The first kappa shape index (κ1) is 11.0. The molecule has 0 aliphatic heterocycles. The van der Waals surface area contributed by atoms with Crippen molar-refractivity contribution in [3.8, 4) is 10.9 Å². The average Bonchev–Trinajstić information content (AvgIpc) is 2.73. The van der Waals surface area contributed by atoms with Gasteiger partial charge >= 0.3 is 0 Å². The molecule has 1 aromatic heterocycles. The molecule has 0 saturated heterocycles. The molecule has 1 heterocycles. The molecular formula is C12H14N2OS. The van der Waals surface area contributed by atoms with Gasteiger partial charge in [-0.1, -0.05) is 30.4 Å². The molecule has 0 aliphatic rings. The van der Waals surface area contributed by atoms with Crippen LogP contribution in [0.1, 0.15) is 18.2 Å². The van der Waals surface area contributed by atoms with Crippen LogP contribution in [0.4, 0.5) is 5.69 Å². The molecule has 1 aromatic carbocycles. The van der Waals surface area contributed by atoms with E-state index in [1.54, 1.807) is 0 Å². The first-order chi connectivity index (χ1) is 7.70. The second-order valence-electron chi connectivity index (χ2n) is 3.55. The van der Waals surface area contributed by atoms with Crippen LogP contribution in [0.25, 0.3) is 0 Å².